The van der Waals surface area contributed by atoms with Crippen LogP contribution in [0.2, 0.25) is 0 Å². The van der Waals surface area contributed by atoms with Crippen molar-refractivity contribution in [2.45, 2.75) is 0 Å². The summed E-state index contributed by atoms with van der Waals surface area (Å²) < 4.78 is 0. The molecule has 0 unspecified atom stereocenters. The molecule has 24 nitrogen and oxygen atoms in total. The Morgan fingerprint density at radius 1 is 0.175 bits per heavy atom. The van der Waals surface area contributed by atoms with Crippen molar-refractivity contribution in [3.05, 3.63) is 0 Å². The van der Waals surface area contributed by atoms with Crippen LogP contribution in [0.15, 0.2) is 0 Å². The molecule has 0 atom stereocenters. The van der Waals surface area contributed by atoms with Gasteiger partial charge in [0.05, 0.1) is 0 Å². The largest absolute Gasteiger partial charge is 2.00 e. The van der Waals surface area contributed by atoms with Crippen LogP contribution in [-0.2, 0) is 137 Å². The van der Waals surface area contributed by atoms with Gasteiger partial charge >= 0.3 is 137 Å². The second kappa shape index (κ2) is 98.8. The zero-order chi connectivity index (χ0) is 28.6. The van der Waals surface area contributed by atoms with Crippen molar-refractivity contribution in [3.63, 3.8) is 0 Å². The van der Waals surface area contributed by atoms with E-state index in [1.165, 1.54) is 0 Å². The van der Waals surface area contributed by atoms with Crippen LogP contribution in [0.25, 0.3) is 0 Å². The maximum Gasteiger partial charge on any atom is 2.00 e. The Morgan fingerprint density at radius 2 is 0.175 bits per heavy atom. The van der Waals surface area contributed by atoms with Gasteiger partial charge in [-0.25, -0.2) is 0 Å². The molecule has 0 saturated carbocycles. The summed E-state index contributed by atoms with van der Waals surface area (Å²) in [6, 6.07) is 0. The normalized spacial score (nSPS) is 4.80. The summed E-state index contributed by atoms with van der Waals surface area (Å²) in [6.07, 6.45) is -18.7. The molecular formula is C8Fe8O24. The summed E-state index contributed by atoms with van der Waals surface area (Å²) in [7, 11) is 0. The molecule has 0 aromatic rings. The molecule has 0 spiro atoms. The zero-order valence-electron chi connectivity index (χ0n) is 16.6. The van der Waals surface area contributed by atoms with E-state index in [4.69, 9.17) is 120 Å². The molecule has 32 heteroatoms. The van der Waals surface area contributed by atoms with Gasteiger partial charge in [0.1, 0.15) is 0 Å². The second-order valence-corrected chi connectivity index (χ2v) is 2.00. The fourth-order valence-electron chi connectivity index (χ4n) is 0. The molecule has 0 fully saturated rings. The zero-order valence-corrected chi connectivity index (χ0v) is 25.5. The summed E-state index contributed by atoms with van der Waals surface area (Å²) in [5.41, 5.74) is 0. The minimum absolute atomic E-state index is 0. The van der Waals surface area contributed by atoms with Gasteiger partial charge in [0.2, 0.25) is 0 Å². The number of rotatable bonds is 0. The van der Waals surface area contributed by atoms with Gasteiger partial charge in [-0.05, 0) is 49.2 Å². The minimum atomic E-state index is -2.33. The molecule has 0 rings (SSSR count). The summed E-state index contributed by atoms with van der Waals surface area (Å²) >= 11 is 0. The van der Waals surface area contributed by atoms with Crippen LogP contribution >= 0.6 is 0 Å². The Hall–Kier alpha value is -1.68. The Morgan fingerprint density at radius 3 is 0.175 bits per heavy atom. The van der Waals surface area contributed by atoms with E-state index >= 15 is 0 Å². The first kappa shape index (κ1) is 107. The Balaban J connectivity index is -0.0000000114. The first-order valence-corrected chi connectivity index (χ1v) is 4.90. The molecule has 0 aromatic heterocycles. The van der Waals surface area contributed by atoms with Crippen molar-refractivity contribution in [1.82, 2.24) is 0 Å². The van der Waals surface area contributed by atoms with E-state index in [0.717, 1.165) is 0 Å². The van der Waals surface area contributed by atoms with Gasteiger partial charge in [0, 0.05) is 0 Å². The van der Waals surface area contributed by atoms with Crippen LogP contribution < -0.4 is 81.7 Å². The van der Waals surface area contributed by atoms with Crippen molar-refractivity contribution in [1.29, 1.82) is 0 Å². The minimum Gasteiger partial charge on any atom is -0.652 e. The van der Waals surface area contributed by atoms with E-state index < -0.39 is 49.2 Å². The molecular weight excluding hydrogens is 927 g/mol. The van der Waals surface area contributed by atoms with Crippen LogP contribution in [0, 0.1) is 0 Å². The van der Waals surface area contributed by atoms with Gasteiger partial charge in [-0.3, -0.25) is 0 Å². The summed E-state index contributed by atoms with van der Waals surface area (Å²) in [4.78, 5) is 66.7. The van der Waals surface area contributed by atoms with E-state index in [0.29, 0.717) is 0 Å². The average Bonchev–Trinajstić information content (AvgIpc) is 2.30. The molecule has 0 aliphatic carbocycles. The quantitative estimate of drug-likeness (QED) is 0.204. The molecule has 0 aliphatic heterocycles. The monoisotopic (exact) mass is 927 g/mol. The third-order valence-electron chi connectivity index (χ3n) is 0. The van der Waals surface area contributed by atoms with Gasteiger partial charge in [-0.2, -0.15) is 0 Å². The van der Waals surface area contributed by atoms with Crippen molar-refractivity contribution in [3.8, 4) is 0 Å². The van der Waals surface area contributed by atoms with Gasteiger partial charge in [0.25, 0.3) is 0 Å². The van der Waals surface area contributed by atoms with Crippen molar-refractivity contribution in [2.24, 2.45) is 0 Å². The molecule has 40 heavy (non-hydrogen) atoms. The van der Waals surface area contributed by atoms with E-state index in [9.17, 15) is 0 Å². The van der Waals surface area contributed by atoms with Gasteiger partial charge in [0.15, 0.2) is 0 Å². The molecule has 0 amide bonds. The van der Waals surface area contributed by atoms with Crippen molar-refractivity contribution < 1.29 is 257 Å². The Bertz CT molecular complexity index is 383. The van der Waals surface area contributed by atoms with E-state index in [1.54, 1.807) is 0 Å². The van der Waals surface area contributed by atoms with E-state index in [-0.39, 0.29) is 137 Å². The number of hydrogen-bond donors (Lipinski definition) is 0. The summed E-state index contributed by atoms with van der Waals surface area (Å²) in [6.45, 7) is 0. The molecule has 240 valence electrons. The van der Waals surface area contributed by atoms with Crippen LogP contribution in [0.1, 0.15) is 0 Å². The molecule has 0 heterocycles. The topological polar surface area (TPSA) is 506 Å². The third-order valence-corrected chi connectivity index (χ3v) is 0. The molecule has 0 aliphatic rings. The molecule has 0 bridgehead atoms. The van der Waals surface area contributed by atoms with Gasteiger partial charge in [-0.1, -0.05) is 0 Å². The fraction of sp³-hybridized carbons (Fsp3) is 0. The standard InChI is InChI=1S/8CH2O3.8Fe/c8*2-1(3)4;;;;;;;;/h8*(H2,2,3,4);;;;;;;;/q;;;;;;;;8*+2/p-16. The summed E-state index contributed by atoms with van der Waals surface area (Å²) in [5.74, 6) is 0. The van der Waals surface area contributed by atoms with Crippen molar-refractivity contribution >= 4 is 49.2 Å². The molecule has 0 N–H and O–H groups in total. The molecule has 0 aromatic carbocycles. The van der Waals surface area contributed by atoms with Crippen LogP contribution in [-0.4, -0.2) is 49.2 Å². The molecule has 0 saturated heterocycles. The van der Waals surface area contributed by atoms with Gasteiger partial charge in [-0.15, -0.1) is 0 Å². The SMILES string of the molecule is O=C([O-])[O-].O=C([O-])[O-].O=C([O-])[O-].O=C([O-])[O-].O=C([O-])[O-].O=C([O-])[O-].O=C([O-])[O-].O=C([O-])[O-].[Fe+2].[Fe+2].[Fe+2].[Fe+2].[Fe+2].[Fe+2].[Fe+2].[Fe+2]. The number of carboxylic acid groups (broad SMARTS) is 16. The van der Waals surface area contributed by atoms with Gasteiger partial charge < -0.3 is 120 Å². The first-order chi connectivity index (χ1) is 13.9. The number of hydrogen-bond acceptors (Lipinski definition) is 24. The average molecular weight is 927 g/mol. The van der Waals surface area contributed by atoms with Crippen LogP contribution in [0.3, 0.4) is 0 Å². The van der Waals surface area contributed by atoms with Crippen molar-refractivity contribution in [2.75, 3.05) is 0 Å². The van der Waals surface area contributed by atoms with E-state index in [2.05, 4.69) is 0 Å². The number of carbonyl (C=O) groups is 8. The maximum atomic E-state index is 8.33. The smallest absolute Gasteiger partial charge is 0.652 e. The van der Waals surface area contributed by atoms with Crippen LogP contribution in [0.4, 0.5) is 38.4 Å². The number of carbonyl (C=O) groups excluding carboxylic acids is 8. The summed E-state index contributed by atoms with van der Waals surface area (Å²) in [5, 5.41) is 133. The fourth-order valence-corrected chi connectivity index (χ4v) is 0. The maximum absolute atomic E-state index is 8.33. The van der Waals surface area contributed by atoms with E-state index in [1.807, 2.05) is 0 Å². The predicted octanol–water partition coefficient (Wildman–Crippen LogP) is -19.6. The predicted molar refractivity (Wildman–Crippen MR) is 43.2 cm³/mol. The second-order valence-electron chi connectivity index (χ2n) is 2.00. The Kier molecular flexibility index (Phi) is 265. The van der Waals surface area contributed by atoms with Crippen LogP contribution in [0.5, 0.6) is 0 Å². The first-order valence-electron chi connectivity index (χ1n) is 4.90. The molecule has 0 radical (unpaired) electrons. The third kappa shape index (κ3) is 16000. The Labute approximate surface area is 303 Å².